The van der Waals surface area contributed by atoms with E-state index in [0.717, 1.165) is 11.3 Å². The fourth-order valence-electron chi connectivity index (χ4n) is 3.20. The first-order chi connectivity index (χ1) is 13.4. The second-order valence-electron chi connectivity index (χ2n) is 7.04. The summed E-state index contributed by atoms with van der Waals surface area (Å²) in [6.45, 7) is 2.79. The van der Waals surface area contributed by atoms with Crippen LogP contribution in [0.25, 0.3) is 0 Å². The van der Waals surface area contributed by atoms with Crippen LogP contribution >= 0.6 is 11.8 Å². The number of nitrogens with zero attached hydrogens (tertiary/aromatic N) is 1. The first-order valence-corrected chi connectivity index (χ1v) is 12.0. The Kier molecular flexibility index (Phi) is 7.15. The van der Waals surface area contributed by atoms with E-state index >= 15 is 0 Å². The molecular formula is C21H26N2O3S2. The van der Waals surface area contributed by atoms with E-state index in [-0.39, 0.29) is 11.9 Å². The molecule has 28 heavy (non-hydrogen) atoms. The zero-order valence-electron chi connectivity index (χ0n) is 16.0. The van der Waals surface area contributed by atoms with Crippen LogP contribution in [-0.2, 0) is 20.6 Å². The molecule has 150 valence electrons. The topological polar surface area (TPSA) is 66.5 Å². The Bertz CT molecular complexity index is 876. The van der Waals surface area contributed by atoms with E-state index in [1.807, 2.05) is 37.3 Å². The summed E-state index contributed by atoms with van der Waals surface area (Å²) in [6.07, 6.45) is 1.28. The van der Waals surface area contributed by atoms with Crippen molar-refractivity contribution < 1.29 is 13.2 Å². The molecule has 1 saturated heterocycles. The molecule has 0 unspecified atom stereocenters. The number of aryl methyl sites for hydroxylation is 1. The molecule has 1 heterocycles. The standard InChI is InChI=1S/C21H26N2O3S2/c1-17-7-9-20(10-8-17)28(25,26)23-13-11-19(12-14-23)22-21(24)16-27-15-18-5-3-2-4-6-18/h2-10,19H,11-16H2,1H3,(H,22,24). The Morgan fingerprint density at radius 1 is 1.07 bits per heavy atom. The van der Waals surface area contributed by atoms with Gasteiger partial charge < -0.3 is 5.32 Å². The molecule has 0 saturated carbocycles. The lowest BCUT2D eigenvalue weighted by molar-refractivity contribution is -0.119. The van der Waals surface area contributed by atoms with Gasteiger partial charge in [0.25, 0.3) is 0 Å². The van der Waals surface area contributed by atoms with Gasteiger partial charge in [-0.3, -0.25) is 4.79 Å². The summed E-state index contributed by atoms with van der Waals surface area (Å²) >= 11 is 1.59. The minimum atomic E-state index is -3.46. The van der Waals surface area contributed by atoms with Crippen LogP contribution in [0.15, 0.2) is 59.5 Å². The molecule has 0 spiro atoms. The molecule has 5 nitrogen and oxygen atoms in total. The summed E-state index contributed by atoms with van der Waals surface area (Å²) in [5.41, 5.74) is 2.24. The number of benzene rings is 2. The van der Waals surface area contributed by atoms with Gasteiger partial charge in [-0.05, 0) is 37.5 Å². The number of carbonyl (C=O) groups excluding carboxylic acids is 1. The van der Waals surface area contributed by atoms with Crippen molar-refractivity contribution in [2.45, 2.75) is 36.5 Å². The predicted octanol–water partition coefficient (Wildman–Crippen LogP) is 3.20. The van der Waals surface area contributed by atoms with E-state index in [4.69, 9.17) is 0 Å². The Morgan fingerprint density at radius 2 is 1.71 bits per heavy atom. The molecule has 1 aliphatic heterocycles. The first-order valence-electron chi connectivity index (χ1n) is 9.43. The third kappa shape index (κ3) is 5.59. The molecule has 0 bridgehead atoms. The van der Waals surface area contributed by atoms with Crippen molar-refractivity contribution in [1.29, 1.82) is 0 Å². The number of piperidine rings is 1. The van der Waals surface area contributed by atoms with E-state index in [1.165, 1.54) is 9.87 Å². The number of hydrogen-bond acceptors (Lipinski definition) is 4. The Morgan fingerprint density at radius 3 is 2.36 bits per heavy atom. The molecular weight excluding hydrogens is 392 g/mol. The molecule has 1 aliphatic rings. The summed E-state index contributed by atoms with van der Waals surface area (Å²) in [5, 5.41) is 3.04. The van der Waals surface area contributed by atoms with Crippen molar-refractivity contribution in [3.8, 4) is 0 Å². The van der Waals surface area contributed by atoms with Crippen LogP contribution in [0.1, 0.15) is 24.0 Å². The highest BCUT2D eigenvalue weighted by Gasteiger charge is 2.29. The van der Waals surface area contributed by atoms with Crippen LogP contribution < -0.4 is 5.32 Å². The third-order valence-corrected chi connectivity index (χ3v) is 7.74. The number of amides is 1. The van der Waals surface area contributed by atoms with E-state index in [0.29, 0.717) is 36.6 Å². The van der Waals surface area contributed by atoms with Crippen molar-refractivity contribution in [2.75, 3.05) is 18.8 Å². The van der Waals surface area contributed by atoms with Crippen LogP contribution in [0.4, 0.5) is 0 Å². The van der Waals surface area contributed by atoms with Gasteiger partial charge in [-0.25, -0.2) is 8.42 Å². The number of sulfonamides is 1. The van der Waals surface area contributed by atoms with Gasteiger partial charge in [0.2, 0.25) is 15.9 Å². The second kappa shape index (κ2) is 9.58. The summed E-state index contributed by atoms with van der Waals surface area (Å²) in [7, 11) is -3.46. The van der Waals surface area contributed by atoms with Gasteiger partial charge in [0.1, 0.15) is 0 Å². The predicted molar refractivity (Wildman–Crippen MR) is 114 cm³/mol. The van der Waals surface area contributed by atoms with Gasteiger partial charge in [0.05, 0.1) is 10.6 Å². The Labute approximate surface area is 171 Å². The molecule has 1 amide bonds. The summed E-state index contributed by atoms with van der Waals surface area (Å²) in [5.74, 6) is 1.24. The van der Waals surface area contributed by atoms with E-state index in [9.17, 15) is 13.2 Å². The molecule has 1 N–H and O–H groups in total. The molecule has 2 aromatic carbocycles. The molecule has 0 aliphatic carbocycles. The largest absolute Gasteiger partial charge is 0.353 e. The number of nitrogens with one attached hydrogen (secondary N) is 1. The van der Waals surface area contributed by atoms with Crippen molar-refractivity contribution >= 4 is 27.7 Å². The van der Waals surface area contributed by atoms with E-state index in [2.05, 4.69) is 17.4 Å². The van der Waals surface area contributed by atoms with Crippen LogP contribution in [0.2, 0.25) is 0 Å². The summed E-state index contributed by atoms with van der Waals surface area (Å²) < 4.78 is 27.0. The first kappa shape index (κ1) is 20.9. The maximum absolute atomic E-state index is 12.7. The van der Waals surface area contributed by atoms with Crippen LogP contribution in [0.5, 0.6) is 0 Å². The number of carbonyl (C=O) groups is 1. The van der Waals surface area contributed by atoms with Gasteiger partial charge in [0, 0.05) is 24.9 Å². The van der Waals surface area contributed by atoms with Crippen molar-refractivity contribution in [3.05, 3.63) is 65.7 Å². The average Bonchev–Trinajstić information content (AvgIpc) is 2.69. The molecule has 1 fully saturated rings. The lowest BCUT2D eigenvalue weighted by Crippen LogP contribution is -2.46. The average molecular weight is 419 g/mol. The van der Waals surface area contributed by atoms with Crippen molar-refractivity contribution in [2.24, 2.45) is 0 Å². The van der Waals surface area contributed by atoms with Crippen LogP contribution in [0, 0.1) is 6.92 Å². The summed E-state index contributed by atoms with van der Waals surface area (Å²) in [6, 6.07) is 17.0. The highest BCUT2D eigenvalue weighted by molar-refractivity contribution is 7.99. The van der Waals surface area contributed by atoms with Crippen LogP contribution in [0.3, 0.4) is 0 Å². The smallest absolute Gasteiger partial charge is 0.243 e. The molecule has 0 atom stereocenters. The second-order valence-corrected chi connectivity index (χ2v) is 9.96. The maximum Gasteiger partial charge on any atom is 0.243 e. The Balaban J connectivity index is 1.43. The zero-order valence-corrected chi connectivity index (χ0v) is 17.6. The molecule has 0 radical (unpaired) electrons. The number of thioether (sulfide) groups is 1. The maximum atomic E-state index is 12.7. The fraction of sp³-hybridized carbons (Fsp3) is 0.381. The van der Waals surface area contributed by atoms with Gasteiger partial charge in [-0.2, -0.15) is 4.31 Å². The SMILES string of the molecule is Cc1ccc(S(=O)(=O)N2CCC(NC(=O)CSCc3ccccc3)CC2)cc1. The number of rotatable bonds is 7. The highest BCUT2D eigenvalue weighted by atomic mass is 32.2. The fourth-order valence-corrected chi connectivity index (χ4v) is 5.47. The highest BCUT2D eigenvalue weighted by Crippen LogP contribution is 2.21. The van der Waals surface area contributed by atoms with E-state index < -0.39 is 10.0 Å². The quantitative estimate of drug-likeness (QED) is 0.750. The van der Waals surface area contributed by atoms with E-state index in [1.54, 1.807) is 23.9 Å². The zero-order chi connectivity index (χ0) is 20.0. The van der Waals surface area contributed by atoms with Gasteiger partial charge in [-0.1, -0.05) is 48.0 Å². The third-order valence-electron chi connectivity index (χ3n) is 4.82. The van der Waals surface area contributed by atoms with Gasteiger partial charge in [0.15, 0.2) is 0 Å². The minimum Gasteiger partial charge on any atom is -0.353 e. The van der Waals surface area contributed by atoms with Gasteiger partial charge >= 0.3 is 0 Å². The molecule has 0 aromatic heterocycles. The van der Waals surface area contributed by atoms with Crippen LogP contribution in [-0.4, -0.2) is 43.5 Å². The minimum absolute atomic E-state index is 0.0146. The van der Waals surface area contributed by atoms with Crippen molar-refractivity contribution in [1.82, 2.24) is 9.62 Å². The summed E-state index contributed by atoms with van der Waals surface area (Å²) in [4.78, 5) is 12.5. The lowest BCUT2D eigenvalue weighted by Gasteiger charge is -2.31. The Hall–Kier alpha value is -1.83. The molecule has 3 rings (SSSR count). The molecule has 7 heteroatoms. The molecule has 2 aromatic rings. The normalized spacial score (nSPS) is 16.0. The van der Waals surface area contributed by atoms with Crippen molar-refractivity contribution in [3.63, 3.8) is 0 Å². The lowest BCUT2D eigenvalue weighted by atomic mass is 10.1. The van der Waals surface area contributed by atoms with Gasteiger partial charge in [-0.15, -0.1) is 11.8 Å². The monoisotopic (exact) mass is 418 g/mol. The number of hydrogen-bond donors (Lipinski definition) is 1.